The molecule has 0 unspecified atom stereocenters. The van der Waals surface area contributed by atoms with E-state index in [9.17, 15) is 0 Å². The third kappa shape index (κ3) is 7.64. The Balaban J connectivity index is 1.80. The minimum atomic E-state index is 0.467. The molecule has 7 nitrogen and oxygen atoms in total. The van der Waals surface area contributed by atoms with Gasteiger partial charge in [-0.25, -0.2) is 0 Å². The number of benzene rings is 2. The van der Waals surface area contributed by atoms with Crippen LogP contribution < -0.4 is 10.0 Å². The van der Waals surface area contributed by atoms with Crippen molar-refractivity contribution >= 4 is 22.8 Å². The molecule has 0 aliphatic carbocycles. The summed E-state index contributed by atoms with van der Waals surface area (Å²) in [5.41, 5.74) is 3.41. The van der Waals surface area contributed by atoms with Crippen LogP contribution in [0.15, 0.2) is 113 Å². The van der Waals surface area contributed by atoms with E-state index in [0.29, 0.717) is 37.8 Å². The molecule has 0 N–H and O–H groups in total. The minimum absolute atomic E-state index is 0.467. The second-order valence-electron chi connectivity index (χ2n) is 7.53. The Bertz CT molecular complexity index is 1040. The van der Waals surface area contributed by atoms with Gasteiger partial charge in [0.1, 0.15) is 24.6 Å². The molecule has 0 fully saturated rings. The average Bonchev–Trinajstić information content (AvgIpc) is 3.39. The number of para-hydroxylation sites is 2. The van der Waals surface area contributed by atoms with Crippen LogP contribution in [0.3, 0.4) is 0 Å². The summed E-state index contributed by atoms with van der Waals surface area (Å²) in [6.45, 7) is 13.1. The lowest BCUT2D eigenvalue weighted by Gasteiger charge is -2.20. The van der Waals surface area contributed by atoms with E-state index in [0.717, 1.165) is 22.8 Å². The monoisotopic (exact) mass is 472 g/mol. The van der Waals surface area contributed by atoms with Crippen molar-refractivity contribution in [3.05, 3.63) is 110 Å². The van der Waals surface area contributed by atoms with E-state index in [2.05, 4.69) is 13.2 Å². The largest absolute Gasteiger partial charge is 0.500 e. The first-order chi connectivity index (χ1) is 17.1. The zero-order chi connectivity index (χ0) is 24.9. The maximum atomic E-state index is 6.12. The first kappa shape index (κ1) is 25.4. The molecule has 0 saturated heterocycles. The zero-order valence-corrected chi connectivity index (χ0v) is 20.3. The van der Waals surface area contributed by atoms with Gasteiger partial charge in [-0.15, -0.1) is 0 Å². The first-order valence-corrected chi connectivity index (χ1v) is 11.4. The van der Waals surface area contributed by atoms with Crippen molar-refractivity contribution in [1.29, 1.82) is 0 Å². The van der Waals surface area contributed by atoms with Gasteiger partial charge in [-0.3, -0.25) is 10.0 Å². The Labute approximate surface area is 207 Å². The summed E-state index contributed by atoms with van der Waals surface area (Å²) < 4.78 is 16.7. The van der Waals surface area contributed by atoms with Gasteiger partial charge < -0.3 is 13.9 Å². The van der Waals surface area contributed by atoms with Gasteiger partial charge in [0.2, 0.25) is 0 Å². The van der Waals surface area contributed by atoms with Gasteiger partial charge in [0, 0.05) is 0 Å². The first-order valence-electron chi connectivity index (χ1n) is 11.4. The highest BCUT2D eigenvalue weighted by atomic mass is 16.5. The minimum Gasteiger partial charge on any atom is -0.500 e. The van der Waals surface area contributed by atoms with Gasteiger partial charge in [0.05, 0.1) is 37.0 Å². The SMILES string of the molecule is C=COCCN(/N=C(\C)c1ccc(/C(C)=N/N(CCOC=C)c2ccccc2)o1)c1ccccc1. The van der Waals surface area contributed by atoms with E-state index in [1.54, 1.807) is 0 Å². The molecular formula is C28H32N4O3. The van der Waals surface area contributed by atoms with Gasteiger partial charge in [-0.1, -0.05) is 49.6 Å². The Kier molecular flexibility index (Phi) is 9.75. The molecule has 7 heteroatoms. The van der Waals surface area contributed by atoms with Gasteiger partial charge in [-0.05, 0) is 50.2 Å². The molecule has 1 aromatic heterocycles. The number of ether oxygens (including phenoxy) is 2. The molecular weight excluding hydrogens is 440 g/mol. The predicted molar refractivity (Wildman–Crippen MR) is 143 cm³/mol. The van der Waals surface area contributed by atoms with Crippen molar-refractivity contribution in [1.82, 2.24) is 0 Å². The summed E-state index contributed by atoms with van der Waals surface area (Å²) in [6.07, 6.45) is 2.87. The van der Waals surface area contributed by atoms with Crippen LogP contribution >= 0.6 is 0 Å². The van der Waals surface area contributed by atoms with Gasteiger partial charge in [0.15, 0.2) is 11.5 Å². The fraction of sp³-hybridized carbons (Fsp3) is 0.214. The van der Waals surface area contributed by atoms with Crippen molar-refractivity contribution in [2.24, 2.45) is 10.2 Å². The quantitative estimate of drug-likeness (QED) is 0.123. The summed E-state index contributed by atoms with van der Waals surface area (Å²) in [6, 6.07) is 23.7. The van der Waals surface area contributed by atoms with Crippen molar-refractivity contribution in [3.8, 4) is 0 Å². The van der Waals surface area contributed by atoms with Crippen molar-refractivity contribution in [3.63, 3.8) is 0 Å². The number of hydrogen-bond donors (Lipinski definition) is 0. The lowest BCUT2D eigenvalue weighted by atomic mass is 10.3. The Morgan fingerprint density at radius 2 is 1.11 bits per heavy atom. The summed E-state index contributed by atoms with van der Waals surface area (Å²) in [5.74, 6) is 1.34. The number of furan rings is 1. The molecule has 0 aliphatic rings. The van der Waals surface area contributed by atoms with Crippen LogP contribution in [0.25, 0.3) is 0 Å². The van der Waals surface area contributed by atoms with Crippen LogP contribution in [0.5, 0.6) is 0 Å². The average molecular weight is 473 g/mol. The lowest BCUT2D eigenvalue weighted by molar-refractivity contribution is 0.258. The topological polar surface area (TPSA) is 62.8 Å². The fourth-order valence-electron chi connectivity index (χ4n) is 3.31. The standard InChI is InChI=1S/C28H32N4O3/c1-5-33-21-19-31(25-13-9-7-10-14-25)29-23(3)27-17-18-28(35-27)24(4)30-32(20-22-34-6-2)26-15-11-8-12-16-26/h5-18H,1-2,19-22H2,3-4H3/b29-23+,30-24+. The number of hydrogen-bond acceptors (Lipinski definition) is 7. The number of rotatable bonds is 14. The molecule has 0 saturated carbocycles. The van der Waals surface area contributed by atoms with E-state index in [-0.39, 0.29) is 0 Å². The molecule has 2 aromatic carbocycles. The van der Waals surface area contributed by atoms with Crippen LogP contribution in [0, 0.1) is 0 Å². The smallest absolute Gasteiger partial charge is 0.150 e. The van der Waals surface area contributed by atoms with E-state index in [1.165, 1.54) is 12.5 Å². The van der Waals surface area contributed by atoms with Gasteiger partial charge in [-0.2, -0.15) is 10.2 Å². The fourth-order valence-corrected chi connectivity index (χ4v) is 3.31. The molecule has 182 valence electrons. The molecule has 0 spiro atoms. The van der Waals surface area contributed by atoms with Gasteiger partial charge in [0.25, 0.3) is 0 Å². The highest BCUT2D eigenvalue weighted by molar-refractivity contribution is 6.00. The molecule has 0 aliphatic heterocycles. The van der Waals surface area contributed by atoms with Crippen molar-refractivity contribution in [2.75, 3.05) is 36.3 Å². The number of hydrazone groups is 2. The Morgan fingerprint density at radius 1 is 0.714 bits per heavy atom. The molecule has 3 aromatic rings. The van der Waals surface area contributed by atoms with Crippen molar-refractivity contribution < 1.29 is 13.9 Å². The molecule has 0 bridgehead atoms. The molecule has 0 radical (unpaired) electrons. The Hall–Kier alpha value is -4.26. The second-order valence-corrected chi connectivity index (χ2v) is 7.53. The van der Waals surface area contributed by atoms with Crippen LogP contribution in [0.4, 0.5) is 11.4 Å². The summed E-state index contributed by atoms with van der Waals surface area (Å²) in [5, 5.41) is 13.3. The van der Waals surface area contributed by atoms with Gasteiger partial charge >= 0.3 is 0 Å². The highest BCUT2D eigenvalue weighted by Gasteiger charge is 2.13. The molecule has 0 amide bonds. The summed E-state index contributed by atoms with van der Waals surface area (Å²) in [4.78, 5) is 0. The lowest BCUT2D eigenvalue weighted by Crippen LogP contribution is -2.23. The third-order valence-electron chi connectivity index (χ3n) is 5.05. The Morgan fingerprint density at radius 3 is 1.49 bits per heavy atom. The van der Waals surface area contributed by atoms with Crippen LogP contribution in [0.1, 0.15) is 25.4 Å². The maximum absolute atomic E-state index is 6.12. The summed E-state index contributed by atoms with van der Waals surface area (Å²) >= 11 is 0. The maximum Gasteiger partial charge on any atom is 0.150 e. The number of anilines is 2. The highest BCUT2D eigenvalue weighted by Crippen LogP contribution is 2.18. The van der Waals surface area contributed by atoms with Crippen molar-refractivity contribution in [2.45, 2.75) is 13.8 Å². The zero-order valence-electron chi connectivity index (χ0n) is 20.3. The molecule has 0 atom stereocenters. The number of nitrogens with zero attached hydrogens (tertiary/aromatic N) is 4. The van der Waals surface area contributed by atoms with E-state index in [4.69, 9.17) is 24.1 Å². The predicted octanol–water partition coefficient (Wildman–Crippen LogP) is 6.06. The molecule has 1 heterocycles. The second kappa shape index (κ2) is 13.4. The normalized spacial score (nSPS) is 11.6. The molecule has 35 heavy (non-hydrogen) atoms. The summed E-state index contributed by atoms with van der Waals surface area (Å²) in [7, 11) is 0. The van der Waals surface area contributed by atoms with Crippen LogP contribution in [0.2, 0.25) is 0 Å². The molecule has 3 rings (SSSR count). The van der Waals surface area contributed by atoms with Crippen LogP contribution in [-0.2, 0) is 9.47 Å². The van der Waals surface area contributed by atoms with E-state index >= 15 is 0 Å². The third-order valence-corrected chi connectivity index (χ3v) is 5.05. The van der Waals surface area contributed by atoms with E-state index < -0.39 is 0 Å². The van der Waals surface area contributed by atoms with E-state index in [1.807, 2.05) is 96.7 Å². The van der Waals surface area contributed by atoms with Crippen LogP contribution in [-0.4, -0.2) is 37.7 Å².